The summed E-state index contributed by atoms with van der Waals surface area (Å²) < 4.78 is 7.22. The first-order valence-electron chi connectivity index (χ1n) is 13.6. The largest absolute Gasteiger partial charge is 0.444 e. The number of hydrogen-bond acceptors (Lipinski definition) is 6. The van der Waals surface area contributed by atoms with E-state index >= 15 is 0 Å². The lowest BCUT2D eigenvalue weighted by atomic mass is 9.91. The van der Waals surface area contributed by atoms with Gasteiger partial charge >= 0.3 is 6.09 Å². The number of rotatable bonds is 5. The zero-order chi connectivity index (χ0) is 26.2. The van der Waals surface area contributed by atoms with Gasteiger partial charge < -0.3 is 19.9 Å². The summed E-state index contributed by atoms with van der Waals surface area (Å²) in [4.78, 5) is 42.3. The van der Waals surface area contributed by atoms with Crippen LogP contribution in [0, 0.1) is 5.92 Å². The van der Waals surface area contributed by atoms with E-state index in [2.05, 4.69) is 20.4 Å². The third kappa shape index (κ3) is 5.88. The van der Waals surface area contributed by atoms with Gasteiger partial charge in [0.25, 0.3) is 5.91 Å². The lowest BCUT2D eigenvalue weighted by Crippen LogP contribution is -2.52. The fourth-order valence-electron chi connectivity index (χ4n) is 6.12. The maximum absolute atomic E-state index is 13.2. The van der Waals surface area contributed by atoms with Crippen LogP contribution in [0.5, 0.6) is 0 Å². The highest BCUT2D eigenvalue weighted by molar-refractivity contribution is 5.94. The Morgan fingerprint density at radius 1 is 1.05 bits per heavy atom. The van der Waals surface area contributed by atoms with E-state index in [0.717, 1.165) is 44.9 Å². The van der Waals surface area contributed by atoms with Gasteiger partial charge in [-0.05, 0) is 83.8 Å². The topological polar surface area (TPSA) is 109 Å². The van der Waals surface area contributed by atoms with Crippen molar-refractivity contribution in [3.63, 3.8) is 0 Å². The molecular formula is C27H38N6O4. The summed E-state index contributed by atoms with van der Waals surface area (Å²) in [7, 11) is 0. The third-order valence-corrected chi connectivity index (χ3v) is 7.94. The summed E-state index contributed by atoms with van der Waals surface area (Å²) in [6, 6.07) is 4.03. The molecule has 3 fully saturated rings. The summed E-state index contributed by atoms with van der Waals surface area (Å²) in [6.07, 6.45) is 9.94. The first kappa shape index (κ1) is 25.5. The number of fused-ring (bicyclic) bond motifs is 3. The minimum absolute atomic E-state index is 0.0721. The third-order valence-electron chi connectivity index (χ3n) is 7.94. The van der Waals surface area contributed by atoms with Crippen LogP contribution in [0.3, 0.4) is 0 Å². The minimum Gasteiger partial charge on any atom is -0.444 e. The summed E-state index contributed by atoms with van der Waals surface area (Å²) in [5.74, 6) is 0.600. The molecule has 3 saturated heterocycles. The van der Waals surface area contributed by atoms with Crippen molar-refractivity contribution in [2.24, 2.45) is 5.92 Å². The molecular weight excluding hydrogens is 472 g/mol. The second-order valence-electron chi connectivity index (χ2n) is 11.8. The molecule has 2 aromatic rings. The van der Waals surface area contributed by atoms with Crippen LogP contribution in [-0.4, -0.2) is 79.1 Å². The van der Waals surface area contributed by atoms with Crippen LogP contribution in [-0.2, 0) is 9.53 Å². The first-order chi connectivity index (χ1) is 17.7. The maximum atomic E-state index is 13.2. The molecule has 0 radical (unpaired) electrons. The van der Waals surface area contributed by atoms with E-state index in [4.69, 9.17) is 4.74 Å². The Morgan fingerprint density at radius 3 is 2.43 bits per heavy atom. The van der Waals surface area contributed by atoms with Gasteiger partial charge in [0.2, 0.25) is 5.91 Å². The molecule has 1 N–H and O–H groups in total. The Bertz CT molecular complexity index is 1140. The number of pyridine rings is 1. The zero-order valence-electron chi connectivity index (χ0n) is 22.1. The number of piperidine rings is 2. The number of aromatic nitrogens is 3. The molecule has 0 saturated carbocycles. The van der Waals surface area contributed by atoms with Crippen molar-refractivity contribution in [3.05, 3.63) is 30.2 Å². The van der Waals surface area contributed by atoms with Gasteiger partial charge in [-0.25, -0.2) is 4.79 Å². The maximum Gasteiger partial charge on any atom is 0.410 e. The smallest absolute Gasteiger partial charge is 0.410 e. The van der Waals surface area contributed by atoms with Gasteiger partial charge in [0.05, 0.1) is 5.56 Å². The van der Waals surface area contributed by atoms with E-state index in [9.17, 15) is 14.4 Å². The van der Waals surface area contributed by atoms with Crippen LogP contribution in [0.4, 0.5) is 4.79 Å². The van der Waals surface area contributed by atoms with Gasteiger partial charge in [-0.2, -0.15) is 0 Å². The number of ether oxygens (including phenoxy) is 1. The van der Waals surface area contributed by atoms with Crippen molar-refractivity contribution in [2.75, 3.05) is 13.1 Å². The molecule has 2 atom stereocenters. The van der Waals surface area contributed by atoms with Crippen LogP contribution >= 0.6 is 0 Å². The predicted molar refractivity (Wildman–Crippen MR) is 137 cm³/mol. The van der Waals surface area contributed by atoms with Crippen molar-refractivity contribution in [1.29, 1.82) is 0 Å². The molecule has 0 spiro atoms. The van der Waals surface area contributed by atoms with Crippen molar-refractivity contribution in [2.45, 2.75) is 95.9 Å². The highest BCUT2D eigenvalue weighted by Crippen LogP contribution is 2.37. The highest BCUT2D eigenvalue weighted by Gasteiger charge is 2.43. The molecule has 37 heavy (non-hydrogen) atoms. The highest BCUT2D eigenvalue weighted by atomic mass is 16.6. The van der Waals surface area contributed by atoms with Gasteiger partial charge in [-0.1, -0.05) is 0 Å². The monoisotopic (exact) mass is 510 g/mol. The molecule has 5 heterocycles. The average Bonchev–Trinajstić information content (AvgIpc) is 3.43. The SMILES string of the molecule is CC(C)(C)OC(=O)N1CCC(CCC(=O)N2C3CCC2CC(NC(=O)c2ccc4nncn4c2)C3)CC1. The Labute approximate surface area is 217 Å². The Hall–Kier alpha value is -3.17. The van der Waals surface area contributed by atoms with Crippen LogP contribution in [0.2, 0.25) is 0 Å². The molecule has 5 rings (SSSR count). The van der Waals surface area contributed by atoms with Gasteiger partial charge in [0.1, 0.15) is 11.9 Å². The van der Waals surface area contributed by atoms with E-state index in [-0.39, 0.29) is 36.0 Å². The van der Waals surface area contributed by atoms with Gasteiger partial charge in [0, 0.05) is 43.8 Å². The van der Waals surface area contributed by atoms with Gasteiger partial charge in [-0.3, -0.25) is 14.0 Å². The van der Waals surface area contributed by atoms with E-state index in [0.29, 0.717) is 36.6 Å². The molecule has 0 aromatic carbocycles. The molecule has 2 aromatic heterocycles. The lowest BCUT2D eigenvalue weighted by molar-refractivity contribution is -0.136. The van der Waals surface area contributed by atoms with Crippen LogP contribution in [0.15, 0.2) is 24.7 Å². The van der Waals surface area contributed by atoms with Crippen molar-refractivity contribution >= 4 is 23.6 Å². The van der Waals surface area contributed by atoms with Gasteiger partial charge in [-0.15, -0.1) is 10.2 Å². The summed E-state index contributed by atoms with van der Waals surface area (Å²) in [6.45, 7) is 7.02. The Balaban J connectivity index is 1.07. The number of likely N-dealkylation sites (tertiary alicyclic amines) is 1. The minimum atomic E-state index is -0.484. The zero-order valence-corrected chi connectivity index (χ0v) is 22.1. The van der Waals surface area contributed by atoms with Crippen LogP contribution in [0.25, 0.3) is 5.65 Å². The first-order valence-corrected chi connectivity index (χ1v) is 13.6. The standard InChI is InChI=1S/C27H38N6O4/c1-27(2,3)37-26(36)31-12-10-18(11-13-31)4-9-24(34)33-21-6-7-22(33)15-20(14-21)29-25(35)19-5-8-23-30-28-17-32(23)16-19/h5,8,16-18,20-22H,4,6-7,9-15H2,1-3H3,(H,29,35). The molecule has 2 bridgehead atoms. The molecule has 3 aliphatic rings. The van der Waals surface area contributed by atoms with Crippen LogP contribution < -0.4 is 5.32 Å². The summed E-state index contributed by atoms with van der Waals surface area (Å²) in [5, 5.41) is 11.0. The van der Waals surface area contributed by atoms with Crippen molar-refractivity contribution in [1.82, 2.24) is 29.7 Å². The number of nitrogens with zero attached hydrogens (tertiary/aromatic N) is 5. The molecule has 3 amide bonds. The number of carbonyl (C=O) groups is 3. The van der Waals surface area contributed by atoms with E-state index in [1.807, 2.05) is 20.8 Å². The molecule has 0 aliphatic carbocycles. The van der Waals surface area contributed by atoms with E-state index < -0.39 is 5.60 Å². The average molecular weight is 511 g/mol. The fraction of sp³-hybridized carbons (Fsp3) is 0.667. The second kappa shape index (κ2) is 10.3. The number of nitrogens with one attached hydrogen (secondary N) is 1. The fourth-order valence-corrected chi connectivity index (χ4v) is 6.12. The molecule has 3 aliphatic heterocycles. The van der Waals surface area contributed by atoms with Crippen molar-refractivity contribution in [3.8, 4) is 0 Å². The molecule has 2 unspecified atom stereocenters. The number of carbonyl (C=O) groups excluding carboxylic acids is 3. The Morgan fingerprint density at radius 2 is 1.76 bits per heavy atom. The second-order valence-corrected chi connectivity index (χ2v) is 11.8. The van der Waals surface area contributed by atoms with Crippen LogP contribution in [0.1, 0.15) is 82.5 Å². The number of hydrogen-bond donors (Lipinski definition) is 1. The summed E-state index contributed by atoms with van der Waals surface area (Å²) >= 11 is 0. The quantitative estimate of drug-likeness (QED) is 0.660. The number of amides is 3. The van der Waals surface area contributed by atoms with Gasteiger partial charge in [0.15, 0.2) is 5.65 Å². The lowest BCUT2D eigenvalue weighted by Gasteiger charge is -2.39. The predicted octanol–water partition coefficient (Wildman–Crippen LogP) is 3.41. The summed E-state index contributed by atoms with van der Waals surface area (Å²) in [5.41, 5.74) is 0.800. The van der Waals surface area contributed by atoms with E-state index in [1.165, 1.54) is 0 Å². The molecule has 10 heteroatoms. The Kier molecular flexibility index (Phi) is 7.09. The molecule has 200 valence electrons. The van der Waals surface area contributed by atoms with E-state index in [1.54, 1.807) is 34.0 Å². The van der Waals surface area contributed by atoms with Crippen molar-refractivity contribution < 1.29 is 19.1 Å². The molecule has 10 nitrogen and oxygen atoms in total. The normalized spacial score (nSPS) is 24.4.